The number of carbonyl (C=O) groups excluding carboxylic acids is 2. The average Bonchev–Trinajstić information content (AvgIpc) is 2.57. The molecule has 2 aromatic carbocycles. The van der Waals surface area contributed by atoms with Gasteiger partial charge in [0.1, 0.15) is 0 Å². The van der Waals surface area contributed by atoms with Crippen LogP contribution in [0.25, 0.3) is 0 Å². The maximum atomic E-state index is 11.9. The predicted octanol–water partition coefficient (Wildman–Crippen LogP) is 3.55. The first kappa shape index (κ1) is 18.2. The predicted molar refractivity (Wildman–Crippen MR) is 99.9 cm³/mol. The second-order valence-corrected chi connectivity index (χ2v) is 6.40. The highest BCUT2D eigenvalue weighted by molar-refractivity contribution is 9.10. The number of hydrogen-bond acceptors (Lipinski definition) is 2. The maximum absolute atomic E-state index is 11.9. The van der Waals surface area contributed by atoms with Gasteiger partial charge in [0.2, 0.25) is 11.8 Å². The molecule has 2 amide bonds. The Morgan fingerprint density at radius 3 is 2.50 bits per heavy atom. The van der Waals surface area contributed by atoms with E-state index in [1.54, 1.807) is 4.90 Å². The van der Waals surface area contributed by atoms with Crippen LogP contribution in [-0.2, 0) is 16.0 Å². The topological polar surface area (TPSA) is 49.4 Å². The van der Waals surface area contributed by atoms with Gasteiger partial charge in [-0.05, 0) is 30.2 Å². The molecule has 0 aliphatic rings. The molecule has 0 fully saturated rings. The number of amides is 2. The minimum absolute atomic E-state index is 0.00315. The van der Waals surface area contributed by atoms with Crippen molar-refractivity contribution in [2.75, 3.05) is 18.0 Å². The Labute approximate surface area is 151 Å². The van der Waals surface area contributed by atoms with Crippen molar-refractivity contribution in [1.29, 1.82) is 0 Å². The normalized spacial score (nSPS) is 10.2. The third-order valence-electron chi connectivity index (χ3n) is 3.64. The Balaban J connectivity index is 1.80. The van der Waals surface area contributed by atoms with Crippen molar-refractivity contribution in [1.82, 2.24) is 5.32 Å². The van der Waals surface area contributed by atoms with Gasteiger partial charge >= 0.3 is 0 Å². The van der Waals surface area contributed by atoms with Crippen molar-refractivity contribution >= 4 is 33.4 Å². The lowest BCUT2D eigenvalue weighted by Crippen LogP contribution is -2.37. The number of aryl methyl sites for hydroxylation is 1. The van der Waals surface area contributed by atoms with Crippen LogP contribution in [0.2, 0.25) is 0 Å². The van der Waals surface area contributed by atoms with Crippen LogP contribution in [0.1, 0.15) is 18.9 Å². The first-order valence-electron chi connectivity index (χ1n) is 7.90. The third kappa shape index (κ3) is 5.81. The number of halogens is 1. The van der Waals surface area contributed by atoms with Gasteiger partial charge in [0.25, 0.3) is 0 Å². The molecule has 0 saturated heterocycles. The molecule has 5 heteroatoms. The number of nitrogens with one attached hydrogen (secondary N) is 1. The molecule has 0 aliphatic carbocycles. The lowest BCUT2D eigenvalue weighted by atomic mass is 10.1. The van der Waals surface area contributed by atoms with E-state index in [2.05, 4.69) is 21.2 Å². The van der Waals surface area contributed by atoms with Crippen molar-refractivity contribution in [2.24, 2.45) is 0 Å². The van der Waals surface area contributed by atoms with E-state index in [9.17, 15) is 9.59 Å². The summed E-state index contributed by atoms with van der Waals surface area (Å²) >= 11 is 3.41. The summed E-state index contributed by atoms with van der Waals surface area (Å²) in [6.45, 7) is 2.40. The summed E-state index contributed by atoms with van der Waals surface area (Å²) in [4.78, 5) is 25.4. The third-order valence-corrected chi connectivity index (χ3v) is 4.13. The number of carbonyl (C=O) groups is 2. The largest absolute Gasteiger partial charge is 0.354 e. The lowest BCUT2D eigenvalue weighted by molar-refractivity contribution is -0.121. The molecule has 0 aromatic heterocycles. The first-order chi connectivity index (χ1) is 11.6. The highest BCUT2D eigenvalue weighted by Crippen LogP contribution is 2.19. The molecular formula is C19H21BrN2O2. The van der Waals surface area contributed by atoms with Crippen LogP contribution in [-0.4, -0.2) is 24.9 Å². The molecule has 1 N–H and O–H groups in total. The van der Waals surface area contributed by atoms with Crippen LogP contribution >= 0.6 is 15.9 Å². The number of benzene rings is 2. The molecular weight excluding hydrogens is 368 g/mol. The van der Waals surface area contributed by atoms with E-state index in [1.807, 2.05) is 54.6 Å². The molecule has 0 aliphatic heterocycles. The van der Waals surface area contributed by atoms with Crippen LogP contribution in [0.3, 0.4) is 0 Å². The number of nitrogens with zero attached hydrogens (tertiary/aromatic N) is 1. The van der Waals surface area contributed by atoms with Crippen molar-refractivity contribution in [3.63, 3.8) is 0 Å². The van der Waals surface area contributed by atoms with Gasteiger partial charge in [-0.15, -0.1) is 0 Å². The highest BCUT2D eigenvalue weighted by Gasteiger charge is 2.12. The van der Waals surface area contributed by atoms with Gasteiger partial charge in [-0.2, -0.15) is 0 Å². The smallest absolute Gasteiger partial charge is 0.223 e. The summed E-state index contributed by atoms with van der Waals surface area (Å²) in [5, 5.41) is 2.88. The molecule has 0 saturated carbocycles. The second kappa shape index (κ2) is 9.23. The molecule has 0 atom stereocenters. The van der Waals surface area contributed by atoms with Crippen molar-refractivity contribution in [3.8, 4) is 0 Å². The van der Waals surface area contributed by atoms with Gasteiger partial charge in [0.05, 0.1) is 0 Å². The van der Waals surface area contributed by atoms with Crippen LogP contribution in [0.15, 0.2) is 59.1 Å². The molecule has 0 radical (unpaired) electrons. The molecule has 0 spiro atoms. The van der Waals surface area contributed by atoms with E-state index in [-0.39, 0.29) is 11.8 Å². The van der Waals surface area contributed by atoms with E-state index < -0.39 is 0 Å². The van der Waals surface area contributed by atoms with E-state index in [4.69, 9.17) is 0 Å². The van der Waals surface area contributed by atoms with Crippen molar-refractivity contribution < 1.29 is 9.59 Å². The summed E-state index contributed by atoms with van der Waals surface area (Å²) in [6.07, 6.45) is 1.16. The Morgan fingerprint density at radius 2 is 1.83 bits per heavy atom. The molecule has 0 heterocycles. The number of hydrogen-bond donors (Lipinski definition) is 1. The molecule has 24 heavy (non-hydrogen) atoms. The Kier molecular flexibility index (Phi) is 7.00. The molecule has 126 valence electrons. The fraction of sp³-hybridized carbons (Fsp3) is 0.263. The van der Waals surface area contributed by atoms with Gasteiger partial charge < -0.3 is 10.2 Å². The van der Waals surface area contributed by atoms with Crippen molar-refractivity contribution in [3.05, 3.63) is 64.6 Å². The number of rotatable bonds is 7. The van der Waals surface area contributed by atoms with Gasteiger partial charge in [-0.3, -0.25) is 9.59 Å². The van der Waals surface area contributed by atoms with Gasteiger partial charge in [0, 0.05) is 36.6 Å². The number of anilines is 1. The molecule has 0 bridgehead atoms. The second-order valence-electron chi connectivity index (χ2n) is 5.49. The monoisotopic (exact) mass is 388 g/mol. The SMILES string of the molecule is CC(=O)N(CCNC(=O)CCc1ccccc1)c1cccc(Br)c1. The summed E-state index contributed by atoms with van der Waals surface area (Å²) in [5.74, 6) is -0.0526. The highest BCUT2D eigenvalue weighted by atomic mass is 79.9. The Hall–Kier alpha value is -2.14. The summed E-state index contributed by atoms with van der Waals surface area (Å²) < 4.78 is 0.915. The minimum Gasteiger partial charge on any atom is -0.354 e. The molecule has 2 rings (SSSR count). The van der Waals surface area contributed by atoms with Crippen LogP contribution in [0.5, 0.6) is 0 Å². The lowest BCUT2D eigenvalue weighted by Gasteiger charge is -2.21. The standard InChI is InChI=1S/C19H21BrN2O2/c1-15(23)22(18-9-5-8-17(20)14-18)13-12-21-19(24)11-10-16-6-3-2-4-7-16/h2-9,14H,10-13H2,1H3,(H,21,24). The first-order valence-corrected chi connectivity index (χ1v) is 8.70. The Bertz CT molecular complexity index is 689. The zero-order valence-electron chi connectivity index (χ0n) is 13.7. The van der Waals surface area contributed by atoms with E-state index in [1.165, 1.54) is 6.92 Å². The van der Waals surface area contributed by atoms with Gasteiger partial charge in [-0.1, -0.05) is 52.3 Å². The summed E-state index contributed by atoms with van der Waals surface area (Å²) in [5.41, 5.74) is 1.96. The minimum atomic E-state index is -0.0494. The van der Waals surface area contributed by atoms with E-state index in [0.29, 0.717) is 25.9 Å². The van der Waals surface area contributed by atoms with Gasteiger partial charge in [0.15, 0.2) is 0 Å². The van der Waals surface area contributed by atoms with Gasteiger partial charge in [-0.25, -0.2) is 0 Å². The maximum Gasteiger partial charge on any atom is 0.223 e. The van der Waals surface area contributed by atoms with E-state index in [0.717, 1.165) is 15.7 Å². The molecule has 4 nitrogen and oxygen atoms in total. The zero-order chi connectivity index (χ0) is 17.4. The van der Waals surface area contributed by atoms with Crippen molar-refractivity contribution in [2.45, 2.75) is 19.8 Å². The fourth-order valence-corrected chi connectivity index (χ4v) is 2.80. The van der Waals surface area contributed by atoms with Crippen LogP contribution < -0.4 is 10.2 Å². The van der Waals surface area contributed by atoms with Crippen LogP contribution in [0, 0.1) is 0 Å². The quantitative estimate of drug-likeness (QED) is 0.788. The summed E-state index contributed by atoms with van der Waals surface area (Å²) in [7, 11) is 0. The van der Waals surface area contributed by atoms with Crippen LogP contribution in [0.4, 0.5) is 5.69 Å². The molecule has 2 aromatic rings. The van der Waals surface area contributed by atoms with E-state index >= 15 is 0 Å². The zero-order valence-corrected chi connectivity index (χ0v) is 15.3. The molecule has 0 unspecified atom stereocenters. The Morgan fingerprint density at radius 1 is 1.08 bits per heavy atom. The fourth-order valence-electron chi connectivity index (χ4n) is 2.41. The average molecular weight is 389 g/mol. The summed E-state index contributed by atoms with van der Waals surface area (Å²) in [6, 6.07) is 17.5.